The van der Waals surface area contributed by atoms with Crippen molar-refractivity contribution in [2.45, 2.75) is 39.2 Å². The van der Waals surface area contributed by atoms with Crippen LogP contribution in [0.2, 0.25) is 5.02 Å². The van der Waals surface area contributed by atoms with Gasteiger partial charge in [-0.3, -0.25) is 0 Å². The lowest BCUT2D eigenvalue weighted by atomic mass is 9.91. The lowest BCUT2D eigenvalue weighted by Crippen LogP contribution is -2.29. The molecule has 2 aromatic carbocycles. The molecule has 2 aromatic rings. The van der Waals surface area contributed by atoms with Crippen LogP contribution in [0, 0.1) is 6.92 Å². The van der Waals surface area contributed by atoms with Crippen LogP contribution in [-0.4, -0.2) is 12.6 Å². The van der Waals surface area contributed by atoms with Crippen LogP contribution in [0.1, 0.15) is 36.5 Å². The number of nitrogens with one attached hydrogen (secondary N) is 1. The van der Waals surface area contributed by atoms with Crippen LogP contribution in [0.5, 0.6) is 0 Å². The van der Waals surface area contributed by atoms with E-state index in [4.69, 9.17) is 11.6 Å². The van der Waals surface area contributed by atoms with E-state index in [0.717, 1.165) is 18.0 Å². The van der Waals surface area contributed by atoms with E-state index < -0.39 is 0 Å². The molecule has 2 rings (SSSR count). The Kier molecular flexibility index (Phi) is 5.84. The Labute approximate surface area is 133 Å². The summed E-state index contributed by atoms with van der Waals surface area (Å²) in [6.07, 6.45) is 0.961. The Hall–Kier alpha value is -1.31. The molecule has 0 heterocycles. The van der Waals surface area contributed by atoms with E-state index in [1.54, 1.807) is 0 Å². The lowest BCUT2D eigenvalue weighted by Gasteiger charge is -2.21. The predicted molar refractivity (Wildman–Crippen MR) is 92.2 cm³/mol. The molecule has 0 saturated carbocycles. The van der Waals surface area contributed by atoms with Gasteiger partial charge < -0.3 is 5.32 Å². The molecule has 1 nitrogen and oxygen atoms in total. The molecule has 0 spiro atoms. The van der Waals surface area contributed by atoms with Gasteiger partial charge in [-0.25, -0.2) is 0 Å². The van der Waals surface area contributed by atoms with E-state index in [1.165, 1.54) is 16.7 Å². The molecule has 0 aliphatic carbocycles. The summed E-state index contributed by atoms with van der Waals surface area (Å²) in [5.74, 6) is 0.438. The van der Waals surface area contributed by atoms with E-state index >= 15 is 0 Å². The third-order valence-electron chi connectivity index (χ3n) is 3.75. The lowest BCUT2D eigenvalue weighted by molar-refractivity contribution is 0.527. The number of halogens is 1. The molecule has 0 saturated heterocycles. The molecule has 2 heteroatoms. The van der Waals surface area contributed by atoms with Crippen molar-refractivity contribution in [3.8, 4) is 0 Å². The summed E-state index contributed by atoms with van der Waals surface area (Å²) in [7, 11) is 0. The van der Waals surface area contributed by atoms with Crippen LogP contribution < -0.4 is 5.32 Å². The maximum absolute atomic E-state index is 6.32. The predicted octanol–water partition coefficient (Wildman–Crippen LogP) is 4.97. The summed E-state index contributed by atoms with van der Waals surface area (Å²) in [5, 5.41) is 4.42. The third-order valence-corrected chi connectivity index (χ3v) is 4.11. The normalized spacial score (nSPS) is 12.6. The molecule has 112 valence electrons. The van der Waals surface area contributed by atoms with Gasteiger partial charge >= 0.3 is 0 Å². The van der Waals surface area contributed by atoms with E-state index in [1.807, 2.05) is 12.1 Å². The largest absolute Gasteiger partial charge is 0.314 e. The molecule has 0 aromatic heterocycles. The van der Waals surface area contributed by atoms with E-state index in [0.29, 0.717) is 12.0 Å². The van der Waals surface area contributed by atoms with Crippen LogP contribution in [0.15, 0.2) is 48.5 Å². The standard InChI is InChI=1S/C19H24ClN/c1-14(2)21-13-18(16-10-8-15(3)9-11-16)12-17-6-4-5-7-19(17)20/h4-11,14,18,21H,12-13H2,1-3H3. The van der Waals surface area contributed by atoms with Crippen LogP contribution >= 0.6 is 11.6 Å². The zero-order valence-electron chi connectivity index (χ0n) is 13.1. The van der Waals surface area contributed by atoms with Gasteiger partial charge in [-0.15, -0.1) is 0 Å². The highest BCUT2D eigenvalue weighted by molar-refractivity contribution is 6.31. The van der Waals surface area contributed by atoms with Crippen LogP contribution in [0.25, 0.3) is 0 Å². The molecule has 0 aliphatic heterocycles. The van der Waals surface area contributed by atoms with Crippen LogP contribution in [0.4, 0.5) is 0 Å². The van der Waals surface area contributed by atoms with E-state index in [2.05, 4.69) is 62.5 Å². The Morgan fingerprint density at radius 3 is 2.29 bits per heavy atom. The van der Waals surface area contributed by atoms with Crippen molar-refractivity contribution < 1.29 is 0 Å². The molecule has 0 aliphatic rings. The Bertz CT molecular complexity index is 560. The average Bonchev–Trinajstić information content (AvgIpc) is 2.46. The molecule has 0 amide bonds. The van der Waals surface area contributed by atoms with Gasteiger partial charge in [-0.05, 0) is 30.5 Å². The first-order valence-electron chi connectivity index (χ1n) is 7.59. The van der Waals surface area contributed by atoms with Crippen molar-refractivity contribution in [3.05, 3.63) is 70.2 Å². The molecule has 1 unspecified atom stereocenters. The minimum Gasteiger partial charge on any atom is -0.314 e. The first-order valence-corrected chi connectivity index (χ1v) is 7.97. The minimum atomic E-state index is 0.438. The smallest absolute Gasteiger partial charge is 0.0438 e. The van der Waals surface area contributed by atoms with Crippen molar-refractivity contribution in [1.82, 2.24) is 5.32 Å². The highest BCUT2D eigenvalue weighted by atomic mass is 35.5. The van der Waals surface area contributed by atoms with Gasteiger partial charge in [-0.2, -0.15) is 0 Å². The zero-order valence-corrected chi connectivity index (χ0v) is 13.8. The van der Waals surface area contributed by atoms with Gasteiger partial charge in [0.05, 0.1) is 0 Å². The van der Waals surface area contributed by atoms with Crippen molar-refractivity contribution >= 4 is 11.6 Å². The fraction of sp³-hybridized carbons (Fsp3) is 0.368. The van der Waals surface area contributed by atoms with Crippen molar-refractivity contribution in [1.29, 1.82) is 0 Å². The monoisotopic (exact) mass is 301 g/mol. The number of rotatable bonds is 6. The van der Waals surface area contributed by atoms with Crippen LogP contribution in [0.3, 0.4) is 0 Å². The Morgan fingerprint density at radius 1 is 1.00 bits per heavy atom. The molecular formula is C19H24ClN. The minimum absolute atomic E-state index is 0.438. The van der Waals surface area contributed by atoms with Gasteiger partial charge in [0, 0.05) is 23.5 Å². The fourth-order valence-electron chi connectivity index (χ4n) is 2.45. The number of hydrogen-bond donors (Lipinski definition) is 1. The van der Waals surface area contributed by atoms with Crippen molar-refractivity contribution in [3.63, 3.8) is 0 Å². The quantitative estimate of drug-likeness (QED) is 0.794. The Morgan fingerprint density at radius 2 is 1.67 bits per heavy atom. The number of hydrogen-bond acceptors (Lipinski definition) is 1. The fourth-order valence-corrected chi connectivity index (χ4v) is 2.67. The third kappa shape index (κ3) is 4.87. The van der Waals surface area contributed by atoms with E-state index in [-0.39, 0.29) is 0 Å². The highest BCUT2D eigenvalue weighted by Gasteiger charge is 2.14. The molecular weight excluding hydrogens is 278 g/mol. The van der Waals surface area contributed by atoms with Gasteiger partial charge in [0.15, 0.2) is 0 Å². The first kappa shape index (κ1) is 16.1. The summed E-state index contributed by atoms with van der Waals surface area (Å²) < 4.78 is 0. The average molecular weight is 302 g/mol. The topological polar surface area (TPSA) is 12.0 Å². The second-order valence-electron chi connectivity index (χ2n) is 5.97. The molecule has 1 atom stereocenters. The van der Waals surface area contributed by atoms with E-state index in [9.17, 15) is 0 Å². The van der Waals surface area contributed by atoms with Crippen molar-refractivity contribution in [2.75, 3.05) is 6.54 Å². The number of aryl methyl sites for hydroxylation is 1. The summed E-state index contributed by atoms with van der Waals surface area (Å²) in [6, 6.07) is 17.5. The molecule has 0 radical (unpaired) electrons. The molecule has 0 bridgehead atoms. The van der Waals surface area contributed by atoms with Gasteiger partial charge in [0.2, 0.25) is 0 Å². The van der Waals surface area contributed by atoms with Crippen LogP contribution in [-0.2, 0) is 6.42 Å². The van der Waals surface area contributed by atoms with Gasteiger partial charge in [-0.1, -0.05) is 73.5 Å². The summed E-state index contributed by atoms with van der Waals surface area (Å²) in [4.78, 5) is 0. The Balaban J connectivity index is 2.19. The zero-order chi connectivity index (χ0) is 15.2. The summed E-state index contributed by atoms with van der Waals surface area (Å²) in [5.41, 5.74) is 3.89. The highest BCUT2D eigenvalue weighted by Crippen LogP contribution is 2.25. The summed E-state index contributed by atoms with van der Waals surface area (Å²) in [6.45, 7) is 7.45. The molecule has 1 N–H and O–H groups in total. The molecule has 0 fully saturated rings. The van der Waals surface area contributed by atoms with Gasteiger partial charge in [0.25, 0.3) is 0 Å². The van der Waals surface area contributed by atoms with Gasteiger partial charge in [0.1, 0.15) is 0 Å². The van der Waals surface area contributed by atoms with Crippen molar-refractivity contribution in [2.24, 2.45) is 0 Å². The number of benzene rings is 2. The second-order valence-corrected chi connectivity index (χ2v) is 6.37. The SMILES string of the molecule is Cc1ccc(C(CNC(C)C)Cc2ccccc2Cl)cc1. The summed E-state index contributed by atoms with van der Waals surface area (Å²) >= 11 is 6.32. The molecule has 21 heavy (non-hydrogen) atoms. The first-order chi connectivity index (χ1) is 10.1. The second kappa shape index (κ2) is 7.63. The maximum atomic E-state index is 6.32. The maximum Gasteiger partial charge on any atom is 0.0438 e.